The summed E-state index contributed by atoms with van der Waals surface area (Å²) in [6.07, 6.45) is 0.0655. The van der Waals surface area contributed by atoms with Gasteiger partial charge in [0.25, 0.3) is 5.91 Å². The van der Waals surface area contributed by atoms with Crippen molar-refractivity contribution in [1.82, 2.24) is 10.2 Å². The van der Waals surface area contributed by atoms with E-state index >= 15 is 0 Å². The minimum absolute atomic E-state index is 0.108. The second kappa shape index (κ2) is 9.99. The third-order valence-electron chi connectivity index (χ3n) is 5.34. The molecule has 0 saturated carbocycles. The lowest BCUT2D eigenvalue weighted by Gasteiger charge is -2.34. The summed E-state index contributed by atoms with van der Waals surface area (Å²) in [5.41, 5.74) is 3.24. The maximum Gasteiger partial charge on any atom is 0.261 e. The van der Waals surface area contributed by atoms with Gasteiger partial charge in [0.1, 0.15) is 5.75 Å². The van der Waals surface area contributed by atoms with Crippen LogP contribution in [0.25, 0.3) is 0 Å². The fourth-order valence-corrected chi connectivity index (χ4v) is 3.49. The smallest absolute Gasteiger partial charge is 0.261 e. The molecule has 1 heterocycles. The van der Waals surface area contributed by atoms with Crippen LogP contribution in [-0.4, -0.2) is 50.1 Å². The lowest BCUT2D eigenvalue weighted by molar-refractivity contribution is -0.128. The molecule has 1 aliphatic rings. The number of rotatable bonds is 7. The molecule has 0 aliphatic carbocycles. The summed E-state index contributed by atoms with van der Waals surface area (Å²) in [4.78, 5) is 17.3. The number of hydrogen-bond donors (Lipinski definition) is 1. The molecule has 1 aliphatic heterocycles. The molecule has 0 bridgehead atoms. The first-order valence-electron chi connectivity index (χ1n) is 10.2. The van der Waals surface area contributed by atoms with Gasteiger partial charge in [-0.15, -0.1) is 0 Å². The normalized spacial score (nSPS) is 15.8. The van der Waals surface area contributed by atoms with E-state index < -0.39 is 6.10 Å². The van der Waals surface area contributed by atoms with Gasteiger partial charge in [-0.3, -0.25) is 4.79 Å². The maximum atomic E-state index is 12.6. The predicted molar refractivity (Wildman–Crippen MR) is 119 cm³/mol. The molecule has 1 amide bonds. The van der Waals surface area contributed by atoms with Crippen LogP contribution >= 0.6 is 11.6 Å². The molecule has 29 heavy (non-hydrogen) atoms. The topological polar surface area (TPSA) is 44.8 Å². The van der Waals surface area contributed by atoms with Crippen LogP contribution in [0.2, 0.25) is 5.02 Å². The molecule has 1 N–H and O–H groups in total. The first-order valence-corrected chi connectivity index (χ1v) is 10.6. The van der Waals surface area contributed by atoms with Gasteiger partial charge in [0.15, 0.2) is 6.10 Å². The molecule has 1 fully saturated rings. The molecule has 0 radical (unpaired) electrons. The molecule has 0 spiro atoms. The quantitative estimate of drug-likeness (QED) is 0.745. The molecular weight excluding hydrogens is 386 g/mol. The molecule has 0 unspecified atom stereocenters. The van der Waals surface area contributed by atoms with Crippen molar-refractivity contribution in [3.05, 3.63) is 58.6 Å². The van der Waals surface area contributed by atoms with Gasteiger partial charge in [0.05, 0.1) is 0 Å². The van der Waals surface area contributed by atoms with Crippen LogP contribution in [0.4, 0.5) is 5.69 Å². The Kier molecular flexibility index (Phi) is 7.40. The summed E-state index contributed by atoms with van der Waals surface area (Å²) >= 11 is 6.06. The van der Waals surface area contributed by atoms with Gasteiger partial charge < -0.3 is 19.9 Å². The number of anilines is 1. The Hall–Kier alpha value is -2.24. The first kappa shape index (κ1) is 21.5. The number of aryl methyl sites for hydroxylation is 1. The van der Waals surface area contributed by atoms with Gasteiger partial charge in [-0.05, 0) is 61.9 Å². The summed E-state index contributed by atoms with van der Waals surface area (Å²) in [7, 11) is 2.16. The highest BCUT2D eigenvalue weighted by atomic mass is 35.5. The van der Waals surface area contributed by atoms with Gasteiger partial charge in [0.2, 0.25) is 0 Å². The number of amides is 1. The van der Waals surface area contributed by atoms with Crippen molar-refractivity contribution >= 4 is 23.2 Å². The summed E-state index contributed by atoms with van der Waals surface area (Å²) in [6.45, 7) is 8.62. The van der Waals surface area contributed by atoms with Crippen LogP contribution in [0.3, 0.4) is 0 Å². The molecule has 2 aromatic rings. The van der Waals surface area contributed by atoms with Crippen LogP contribution in [0.5, 0.6) is 5.75 Å². The molecule has 5 nitrogen and oxygen atoms in total. The number of ether oxygens (including phenoxy) is 1. The monoisotopic (exact) mass is 415 g/mol. The Balaban J connectivity index is 1.52. The van der Waals surface area contributed by atoms with Gasteiger partial charge in [-0.2, -0.15) is 0 Å². The zero-order valence-corrected chi connectivity index (χ0v) is 18.2. The Morgan fingerprint density at radius 1 is 1.14 bits per heavy atom. The number of nitrogens with one attached hydrogen (secondary N) is 1. The minimum Gasteiger partial charge on any atom is -0.481 e. The number of hydrogen-bond acceptors (Lipinski definition) is 4. The summed E-state index contributed by atoms with van der Waals surface area (Å²) in [5.74, 6) is 0.550. The summed E-state index contributed by atoms with van der Waals surface area (Å²) in [5, 5.41) is 3.68. The van der Waals surface area contributed by atoms with Crippen LogP contribution in [0.1, 0.15) is 24.5 Å². The van der Waals surface area contributed by atoms with Crippen LogP contribution in [-0.2, 0) is 11.3 Å². The Labute approximate surface area is 178 Å². The number of halogens is 1. The van der Waals surface area contributed by atoms with E-state index in [1.165, 1.54) is 5.69 Å². The highest BCUT2D eigenvalue weighted by molar-refractivity contribution is 6.31. The Bertz CT molecular complexity index is 817. The van der Waals surface area contributed by atoms with E-state index in [9.17, 15) is 4.79 Å². The Morgan fingerprint density at radius 3 is 2.45 bits per heavy atom. The molecule has 1 atom stereocenters. The first-order chi connectivity index (χ1) is 14.0. The van der Waals surface area contributed by atoms with Gasteiger partial charge >= 0.3 is 0 Å². The van der Waals surface area contributed by atoms with E-state index in [2.05, 4.69) is 46.4 Å². The second-order valence-electron chi connectivity index (χ2n) is 7.60. The number of benzene rings is 2. The maximum absolute atomic E-state index is 12.6. The van der Waals surface area contributed by atoms with E-state index in [1.807, 2.05) is 19.9 Å². The zero-order chi connectivity index (χ0) is 20.8. The average Bonchev–Trinajstić information content (AvgIpc) is 2.73. The third-order valence-corrected chi connectivity index (χ3v) is 5.77. The molecule has 3 rings (SSSR count). The average molecular weight is 416 g/mol. The molecule has 6 heteroatoms. The highest BCUT2D eigenvalue weighted by Crippen LogP contribution is 2.22. The van der Waals surface area contributed by atoms with Gasteiger partial charge in [-0.1, -0.05) is 30.7 Å². The summed E-state index contributed by atoms with van der Waals surface area (Å²) in [6, 6.07) is 13.9. The predicted octanol–water partition coefficient (Wildman–Crippen LogP) is 3.87. The SMILES string of the molecule is CC[C@@H](Oc1ccc(Cl)c(C)c1)C(=O)NCc1ccc(N2CCN(C)CC2)cc1. The van der Waals surface area contributed by atoms with E-state index in [-0.39, 0.29) is 5.91 Å². The van der Waals surface area contributed by atoms with Crippen molar-refractivity contribution in [2.75, 3.05) is 38.1 Å². The zero-order valence-electron chi connectivity index (χ0n) is 17.5. The van der Waals surface area contributed by atoms with Crippen molar-refractivity contribution < 1.29 is 9.53 Å². The number of carbonyl (C=O) groups is 1. The summed E-state index contributed by atoms with van der Waals surface area (Å²) < 4.78 is 5.88. The highest BCUT2D eigenvalue weighted by Gasteiger charge is 2.19. The van der Waals surface area contributed by atoms with Crippen LogP contribution in [0.15, 0.2) is 42.5 Å². The van der Waals surface area contributed by atoms with Crippen LogP contribution in [0, 0.1) is 6.92 Å². The minimum atomic E-state index is -0.528. The second-order valence-corrected chi connectivity index (χ2v) is 8.01. The Morgan fingerprint density at radius 2 is 1.83 bits per heavy atom. The molecular formula is C23H30ClN3O2. The van der Waals surface area contributed by atoms with Gasteiger partial charge in [-0.25, -0.2) is 0 Å². The van der Waals surface area contributed by atoms with Crippen LogP contribution < -0.4 is 15.0 Å². The lowest BCUT2D eigenvalue weighted by atomic mass is 10.1. The lowest BCUT2D eigenvalue weighted by Crippen LogP contribution is -2.44. The molecule has 1 saturated heterocycles. The van der Waals surface area contributed by atoms with E-state index in [0.717, 1.165) is 37.3 Å². The molecule has 0 aromatic heterocycles. The van der Waals surface area contributed by atoms with E-state index in [0.29, 0.717) is 23.7 Å². The number of likely N-dealkylation sites (N-methyl/N-ethyl adjacent to an activating group) is 1. The van der Waals surface area contributed by atoms with Crippen molar-refractivity contribution in [3.63, 3.8) is 0 Å². The fraction of sp³-hybridized carbons (Fsp3) is 0.435. The number of nitrogens with zero attached hydrogens (tertiary/aromatic N) is 2. The molecule has 2 aromatic carbocycles. The van der Waals surface area contributed by atoms with Crippen molar-refractivity contribution in [2.45, 2.75) is 32.9 Å². The third kappa shape index (κ3) is 5.87. The van der Waals surface area contributed by atoms with Crippen molar-refractivity contribution in [3.8, 4) is 5.75 Å². The standard InChI is InChI=1S/C23H30ClN3O2/c1-4-22(29-20-9-10-21(24)17(2)15-20)23(28)25-16-18-5-7-19(8-6-18)27-13-11-26(3)12-14-27/h5-10,15,22H,4,11-14,16H2,1-3H3,(H,25,28)/t22-/m1/s1. The fourth-order valence-electron chi connectivity index (χ4n) is 3.37. The number of carbonyl (C=O) groups excluding carboxylic acids is 1. The van der Waals surface area contributed by atoms with Crippen molar-refractivity contribution in [1.29, 1.82) is 0 Å². The number of piperazine rings is 1. The van der Waals surface area contributed by atoms with Gasteiger partial charge in [0, 0.05) is 43.4 Å². The van der Waals surface area contributed by atoms with E-state index in [4.69, 9.17) is 16.3 Å². The largest absolute Gasteiger partial charge is 0.481 e. The van der Waals surface area contributed by atoms with Crippen molar-refractivity contribution in [2.24, 2.45) is 0 Å². The van der Waals surface area contributed by atoms with E-state index in [1.54, 1.807) is 12.1 Å². The molecule has 156 valence electrons.